The van der Waals surface area contributed by atoms with Crippen LogP contribution in [0.5, 0.6) is 0 Å². The Kier molecular flexibility index (Phi) is 4.25. The first-order valence-corrected chi connectivity index (χ1v) is 7.03. The first kappa shape index (κ1) is 13.7. The standard InChI is InChI=1S/C11H16N2O3S/c1-8(13-11(14)7-12)9-3-5-10(6-4-9)17(2,15)16/h3-6,8H,7,12H2,1-2H3,(H,13,14). The van der Waals surface area contributed by atoms with Crippen molar-refractivity contribution in [3.8, 4) is 0 Å². The van der Waals surface area contributed by atoms with Gasteiger partial charge in [-0.2, -0.15) is 0 Å². The van der Waals surface area contributed by atoms with E-state index in [1.165, 1.54) is 12.1 Å². The molecule has 17 heavy (non-hydrogen) atoms. The number of hydrogen-bond donors (Lipinski definition) is 2. The number of carbonyl (C=O) groups is 1. The van der Waals surface area contributed by atoms with Crippen LogP contribution in [-0.2, 0) is 14.6 Å². The zero-order valence-corrected chi connectivity index (χ0v) is 10.6. The van der Waals surface area contributed by atoms with E-state index in [1.54, 1.807) is 12.1 Å². The molecule has 0 aliphatic rings. The van der Waals surface area contributed by atoms with Crippen molar-refractivity contribution in [2.45, 2.75) is 17.9 Å². The SMILES string of the molecule is CC(NC(=O)CN)c1ccc(S(C)(=O)=O)cc1. The average molecular weight is 256 g/mol. The summed E-state index contributed by atoms with van der Waals surface area (Å²) in [5.41, 5.74) is 6.02. The third-order valence-electron chi connectivity index (χ3n) is 2.37. The van der Waals surface area contributed by atoms with E-state index < -0.39 is 9.84 Å². The van der Waals surface area contributed by atoms with Gasteiger partial charge in [-0.15, -0.1) is 0 Å². The van der Waals surface area contributed by atoms with Crippen LogP contribution in [0.3, 0.4) is 0 Å². The molecule has 1 atom stereocenters. The fraction of sp³-hybridized carbons (Fsp3) is 0.364. The summed E-state index contributed by atoms with van der Waals surface area (Å²) in [5, 5.41) is 2.69. The summed E-state index contributed by atoms with van der Waals surface area (Å²) >= 11 is 0. The smallest absolute Gasteiger partial charge is 0.234 e. The molecular weight excluding hydrogens is 240 g/mol. The van der Waals surface area contributed by atoms with Gasteiger partial charge in [-0.3, -0.25) is 4.79 Å². The topological polar surface area (TPSA) is 89.3 Å². The van der Waals surface area contributed by atoms with Crippen molar-refractivity contribution >= 4 is 15.7 Å². The molecule has 0 heterocycles. The van der Waals surface area contributed by atoms with E-state index in [2.05, 4.69) is 5.32 Å². The number of hydrogen-bond acceptors (Lipinski definition) is 4. The summed E-state index contributed by atoms with van der Waals surface area (Å²) in [6, 6.07) is 6.21. The lowest BCUT2D eigenvalue weighted by atomic mass is 10.1. The van der Waals surface area contributed by atoms with Crippen molar-refractivity contribution in [2.75, 3.05) is 12.8 Å². The summed E-state index contributed by atoms with van der Waals surface area (Å²) in [5.74, 6) is -0.246. The number of sulfone groups is 1. The Balaban J connectivity index is 2.84. The molecule has 1 aromatic carbocycles. The van der Waals surface area contributed by atoms with Gasteiger partial charge in [-0.25, -0.2) is 8.42 Å². The molecule has 0 aliphatic heterocycles. The molecule has 5 nitrogen and oxygen atoms in total. The minimum absolute atomic E-state index is 0.0637. The highest BCUT2D eigenvalue weighted by Gasteiger charge is 2.10. The molecule has 1 aromatic rings. The van der Waals surface area contributed by atoms with E-state index in [-0.39, 0.29) is 23.4 Å². The highest BCUT2D eigenvalue weighted by molar-refractivity contribution is 7.90. The van der Waals surface area contributed by atoms with E-state index in [0.29, 0.717) is 0 Å². The molecule has 0 aromatic heterocycles. The van der Waals surface area contributed by atoms with Crippen molar-refractivity contribution in [3.05, 3.63) is 29.8 Å². The quantitative estimate of drug-likeness (QED) is 0.806. The van der Waals surface area contributed by atoms with Crippen LogP contribution >= 0.6 is 0 Å². The largest absolute Gasteiger partial charge is 0.348 e. The molecule has 1 rings (SSSR count). The summed E-state index contributed by atoms with van der Waals surface area (Å²) in [6.45, 7) is 1.74. The average Bonchev–Trinajstić information content (AvgIpc) is 2.27. The summed E-state index contributed by atoms with van der Waals surface area (Å²) < 4.78 is 22.5. The molecule has 6 heteroatoms. The molecule has 1 unspecified atom stereocenters. The van der Waals surface area contributed by atoms with Gasteiger partial charge in [0.2, 0.25) is 5.91 Å². The fourth-order valence-electron chi connectivity index (χ4n) is 1.39. The van der Waals surface area contributed by atoms with E-state index in [4.69, 9.17) is 5.73 Å². The maximum absolute atomic E-state index is 11.3. The zero-order chi connectivity index (χ0) is 13.1. The third kappa shape index (κ3) is 3.83. The van der Waals surface area contributed by atoms with Gasteiger partial charge < -0.3 is 11.1 Å². The van der Waals surface area contributed by atoms with E-state index in [1.807, 2.05) is 6.92 Å². The Morgan fingerprint density at radius 2 is 1.88 bits per heavy atom. The first-order chi connectivity index (χ1) is 7.84. The van der Waals surface area contributed by atoms with Crippen molar-refractivity contribution in [3.63, 3.8) is 0 Å². The van der Waals surface area contributed by atoms with E-state index in [9.17, 15) is 13.2 Å². The maximum Gasteiger partial charge on any atom is 0.234 e. The van der Waals surface area contributed by atoms with Crippen molar-refractivity contribution in [1.29, 1.82) is 0 Å². The first-order valence-electron chi connectivity index (χ1n) is 5.14. The molecule has 0 spiro atoms. The second-order valence-corrected chi connectivity index (χ2v) is 5.85. The van der Waals surface area contributed by atoms with Gasteiger partial charge in [0.05, 0.1) is 17.5 Å². The number of carbonyl (C=O) groups excluding carboxylic acids is 1. The molecule has 0 saturated carbocycles. The molecular formula is C11H16N2O3S. The van der Waals surface area contributed by atoms with E-state index >= 15 is 0 Å². The number of nitrogens with one attached hydrogen (secondary N) is 1. The Morgan fingerprint density at radius 1 is 1.35 bits per heavy atom. The maximum atomic E-state index is 11.3. The van der Waals surface area contributed by atoms with Crippen LogP contribution in [-0.4, -0.2) is 27.1 Å². The van der Waals surface area contributed by atoms with Crippen LogP contribution < -0.4 is 11.1 Å². The zero-order valence-electron chi connectivity index (χ0n) is 9.80. The van der Waals surface area contributed by atoms with Gasteiger partial charge in [0, 0.05) is 6.26 Å². The highest BCUT2D eigenvalue weighted by Crippen LogP contribution is 2.15. The van der Waals surface area contributed by atoms with Gasteiger partial charge in [-0.05, 0) is 24.6 Å². The number of nitrogens with two attached hydrogens (primary N) is 1. The Bertz CT molecular complexity index is 494. The van der Waals surface area contributed by atoms with Gasteiger partial charge in [-0.1, -0.05) is 12.1 Å². The lowest BCUT2D eigenvalue weighted by Gasteiger charge is -2.13. The molecule has 1 amide bonds. The molecule has 3 N–H and O–H groups in total. The van der Waals surface area contributed by atoms with Crippen LogP contribution in [0.1, 0.15) is 18.5 Å². The predicted octanol–water partition coefficient (Wildman–Crippen LogP) is 0.226. The second kappa shape index (κ2) is 5.29. The van der Waals surface area contributed by atoms with E-state index in [0.717, 1.165) is 11.8 Å². The molecule has 0 radical (unpaired) electrons. The van der Waals surface area contributed by atoms with Crippen LogP contribution in [0.2, 0.25) is 0 Å². The van der Waals surface area contributed by atoms with Crippen molar-refractivity contribution in [1.82, 2.24) is 5.32 Å². The summed E-state index contributed by atoms with van der Waals surface area (Å²) in [4.78, 5) is 11.4. The highest BCUT2D eigenvalue weighted by atomic mass is 32.2. The molecule has 94 valence electrons. The van der Waals surface area contributed by atoms with Gasteiger partial charge in [0.1, 0.15) is 0 Å². The van der Waals surface area contributed by atoms with Gasteiger partial charge in [0.15, 0.2) is 9.84 Å². The number of amides is 1. The minimum Gasteiger partial charge on any atom is -0.348 e. The Hall–Kier alpha value is -1.40. The third-order valence-corrected chi connectivity index (χ3v) is 3.50. The lowest BCUT2D eigenvalue weighted by Crippen LogP contribution is -2.32. The van der Waals surface area contributed by atoms with Crippen molar-refractivity contribution < 1.29 is 13.2 Å². The Morgan fingerprint density at radius 3 is 2.29 bits per heavy atom. The minimum atomic E-state index is -3.18. The molecule has 0 bridgehead atoms. The van der Waals surface area contributed by atoms with Crippen LogP contribution in [0.15, 0.2) is 29.2 Å². The summed E-state index contributed by atoms with van der Waals surface area (Å²) in [7, 11) is -3.18. The van der Waals surface area contributed by atoms with Gasteiger partial charge in [0.25, 0.3) is 0 Å². The lowest BCUT2D eigenvalue weighted by molar-refractivity contribution is -0.120. The second-order valence-electron chi connectivity index (χ2n) is 3.83. The Labute approximate surface area is 101 Å². The van der Waals surface area contributed by atoms with Gasteiger partial charge >= 0.3 is 0 Å². The molecule has 0 saturated heterocycles. The van der Waals surface area contributed by atoms with Crippen molar-refractivity contribution in [2.24, 2.45) is 5.73 Å². The van der Waals surface area contributed by atoms with Crippen LogP contribution in [0.4, 0.5) is 0 Å². The number of rotatable bonds is 4. The predicted molar refractivity (Wildman–Crippen MR) is 65.2 cm³/mol. The monoisotopic (exact) mass is 256 g/mol. The summed E-state index contributed by atoms with van der Waals surface area (Å²) in [6.07, 6.45) is 1.15. The number of benzene rings is 1. The fourth-order valence-corrected chi connectivity index (χ4v) is 2.02. The van der Waals surface area contributed by atoms with Crippen LogP contribution in [0.25, 0.3) is 0 Å². The normalized spacial score (nSPS) is 13.1. The molecule has 0 aliphatic carbocycles. The molecule has 0 fully saturated rings. The van der Waals surface area contributed by atoms with Crippen LogP contribution in [0, 0.1) is 0 Å².